The summed E-state index contributed by atoms with van der Waals surface area (Å²) in [5.74, 6) is 0.936. The van der Waals surface area contributed by atoms with E-state index in [1.807, 2.05) is 38.0 Å². The molecule has 0 atom stereocenters. The van der Waals surface area contributed by atoms with Crippen LogP contribution in [0.25, 0.3) is 0 Å². The fourth-order valence-corrected chi connectivity index (χ4v) is 2.38. The van der Waals surface area contributed by atoms with Crippen molar-refractivity contribution in [1.29, 1.82) is 0 Å². The van der Waals surface area contributed by atoms with Crippen LogP contribution in [0.3, 0.4) is 0 Å². The van der Waals surface area contributed by atoms with Crippen LogP contribution >= 0.6 is 11.6 Å². The molecule has 0 amide bonds. The van der Waals surface area contributed by atoms with Crippen molar-refractivity contribution in [3.8, 4) is 0 Å². The highest BCUT2D eigenvalue weighted by molar-refractivity contribution is 6.30. The number of aliphatic imine (C=N–C) groups is 1. The Bertz CT molecular complexity index is 474. The van der Waals surface area contributed by atoms with Crippen molar-refractivity contribution in [3.63, 3.8) is 0 Å². The van der Waals surface area contributed by atoms with E-state index < -0.39 is 0 Å². The predicted molar refractivity (Wildman–Crippen MR) is 80.6 cm³/mol. The van der Waals surface area contributed by atoms with Gasteiger partial charge in [0.05, 0.1) is 11.6 Å². The van der Waals surface area contributed by atoms with E-state index in [0.717, 1.165) is 24.1 Å². The maximum Gasteiger partial charge on any atom is 0.193 e. The molecule has 19 heavy (non-hydrogen) atoms. The van der Waals surface area contributed by atoms with Gasteiger partial charge in [0.25, 0.3) is 0 Å². The van der Waals surface area contributed by atoms with Gasteiger partial charge >= 0.3 is 0 Å². The van der Waals surface area contributed by atoms with E-state index in [1.54, 1.807) is 0 Å². The molecule has 0 radical (unpaired) electrons. The Labute approximate surface area is 120 Å². The van der Waals surface area contributed by atoms with E-state index in [2.05, 4.69) is 22.1 Å². The molecule has 0 spiro atoms. The minimum atomic E-state index is 0.477. The van der Waals surface area contributed by atoms with Crippen LogP contribution in [0.1, 0.15) is 25.5 Å². The highest BCUT2D eigenvalue weighted by atomic mass is 35.5. The molecule has 4 nitrogen and oxygen atoms in total. The molecule has 1 heterocycles. The number of halogens is 1. The van der Waals surface area contributed by atoms with Gasteiger partial charge in [-0.15, -0.1) is 0 Å². The molecule has 1 fully saturated rings. The van der Waals surface area contributed by atoms with Gasteiger partial charge in [0.15, 0.2) is 5.96 Å². The van der Waals surface area contributed by atoms with Gasteiger partial charge in [-0.25, -0.2) is 0 Å². The van der Waals surface area contributed by atoms with Crippen LogP contribution in [-0.4, -0.2) is 36.1 Å². The van der Waals surface area contributed by atoms with Gasteiger partial charge in [-0.2, -0.15) is 0 Å². The van der Waals surface area contributed by atoms with E-state index >= 15 is 0 Å². The van der Waals surface area contributed by atoms with Crippen molar-refractivity contribution in [2.75, 3.05) is 20.6 Å². The Kier molecular flexibility index (Phi) is 4.09. The Hall–Kier alpha value is -1.16. The molecule has 1 aromatic heterocycles. The van der Waals surface area contributed by atoms with Crippen molar-refractivity contribution in [2.45, 2.75) is 26.3 Å². The summed E-state index contributed by atoms with van der Waals surface area (Å²) in [5.41, 5.74) is 1.65. The molecule has 1 aliphatic rings. The number of guanidine groups is 1. The minimum absolute atomic E-state index is 0.477. The smallest absolute Gasteiger partial charge is 0.193 e. The van der Waals surface area contributed by atoms with E-state index in [4.69, 9.17) is 11.6 Å². The first-order chi connectivity index (χ1) is 8.93. The second-order valence-corrected chi connectivity index (χ2v) is 6.26. The zero-order valence-corrected chi connectivity index (χ0v) is 13.0. The summed E-state index contributed by atoms with van der Waals surface area (Å²) in [5, 5.41) is 4.23. The summed E-state index contributed by atoms with van der Waals surface area (Å²) >= 11 is 6.01. The first-order valence-corrected chi connectivity index (χ1v) is 7.04. The monoisotopic (exact) mass is 282 g/mol. The lowest BCUT2D eigenvalue weighted by Crippen LogP contribution is -2.41. The molecule has 1 saturated carbocycles. The fraction of sp³-hybridized carbons (Fsp3) is 0.643. The van der Waals surface area contributed by atoms with Crippen molar-refractivity contribution in [3.05, 3.63) is 23.0 Å². The second kappa shape index (κ2) is 5.45. The Morgan fingerprint density at radius 1 is 1.58 bits per heavy atom. The molecule has 106 valence electrons. The third-order valence-electron chi connectivity index (χ3n) is 3.82. The zero-order valence-electron chi connectivity index (χ0n) is 12.2. The van der Waals surface area contributed by atoms with Crippen LogP contribution in [0, 0.1) is 5.41 Å². The van der Waals surface area contributed by atoms with Crippen LogP contribution in [0.5, 0.6) is 0 Å². The van der Waals surface area contributed by atoms with Crippen LogP contribution in [-0.2, 0) is 13.6 Å². The number of hydrogen-bond donors (Lipinski definition) is 1. The number of nitrogens with zero attached hydrogens (tertiary/aromatic N) is 3. The highest BCUT2D eigenvalue weighted by Gasteiger charge is 2.37. The molecule has 0 saturated heterocycles. The van der Waals surface area contributed by atoms with Gasteiger partial charge < -0.3 is 14.8 Å². The lowest BCUT2D eigenvalue weighted by atomic mass is 10.1. The third-order valence-corrected chi connectivity index (χ3v) is 4.03. The van der Waals surface area contributed by atoms with Gasteiger partial charge in [-0.05, 0) is 24.3 Å². The molecule has 1 N–H and O–H groups in total. The summed E-state index contributed by atoms with van der Waals surface area (Å²) in [6.45, 7) is 4.10. The number of rotatable bonds is 4. The summed E-state index contributed by atoms with van der Waals surface area (Å²) in [6, 6.07) is 1.99. The zero-order chi connectivity index (χ0) is 14.0. The van der Waals surface area contributed by atoms with Crippen molar-refractivity contribution >= 4 is 17.6 Å². The quantitative estimate of drug-likeness (QED) is 0.680. The van der Waals surface area contributed by atoms with Gasteiger partial charge in [0.2, 0.25) is 0 Å². The predicted octanol–water partition coefficient (Wildman–Crippen LogP) is 2.49. The van der Waals surface area contributed by atoms with Gasteiger partial charge in [0, 0.05) is 39.6 Å². The molecule has 5 heteroatoms. The minimum Gasteiger partial charge on any atom is -0.356 e. The fourth-order valence-electron chi connectivity index (χ4n) is 2.11. The molecule has 2 rings (SSSR count). The molecular formula is C14H23ClN4. The van der Waals surface area contributed by atoms with Gasteiger partial charge in [-0.3, -0.25) is 4.99 Å². The number of aromatic nitrogens is 1. The number of nitrogens with one attached hydrogen (secondary N) is 1. The third kappa shape index (κ3) is 3.66. The van der Waals surface area contributed by atoms with Crippen LogP contribution in [0.2, 0.25) is 5.02 Å². The average Bonchev–Trinajstić information content (AvgIpc) is 2.98. The average molecular weight is 283 g/mol. The maximum absolute atomic E-state index is 6.01. The summed E-state index contributed by atoms with van der Waals surface area (Å²) < 4.78 is 2.05. The Morgan fingerprint density at radius 2 is 2.26 bits per heavy atom. The Morgan fingerprint density at radius 3 is 2.74 bits per heavy atom. The molecule has 0 bridgehead atoms. The van der Waals surface area contributed by atoms with Crippen LogP contribution in [0.4, 0.5) is 0 Å². The highest BCUT2D eigenvalue weighted by Crippen LogP contribution is 2.44. The molecule has 0 aromatic carbocycles. The topological polar surface area (TPSA) is 32.6 Å². The molecular weight excluding hydrogens is 260 g/mol. The van der Waals surface area contributed by atoms with Gasteiger partial charge in [0.1, 0.15) is 0 Å². The van der Waals surface area contributed by atoms with Gasteiger partial charge in [-0.1, -0.05) is 18.5 Å². The summed E-state index contributed by atoms with van der Waals surface area (Å²) in [7, 11) is 5.88. The van der Waals surface area contributed by atoms with Crippen molar-refractivity contribution < 1.29 is 0 Å². The van der Waals surface area contributed by atoms with Crippen LogP contribution < -0.4 is 5.32 Å². The molecule has 1 aromatic rings. The summed E-state index contributed by atoms with van der Waals surface area (Å²) in [4.78, 5) is 6.46. The molecule has 1 aliphatic carbocycles. The van der Waals surface area contributed by atoms with Crippen molar-refractivity contribution in [2.24, 2.45) is 17.5 Å². The lowest BCUT2D eigenvalue weighted by Gasteiger charge is -2.23. The van der Waals surface area contributed by atoms with E-state index in [1.165, 1.54) is 18.5 Å². The normalized spacial score (nSPS) is 17.4. The van der Waals surface area contributed by atoms with E-state index in [-0.39, 0.29) is 0 Å². The number of hydrogen-bond acceptors (Lipinski definition) is 1. The second-order valence-electron chi connectivity index (χ2n) is 5.83. The Balaban J connectivity index is 1.93. The lowest BCUT2D eigenvalue weighted by molar-refractivity contribution is 0.447. The first kappa shape index (κ1) is 14.3. The SMILES string of the molecule is CN=C(NCC1(C)CC1)N(C)Cc1cc(Cl)cn1C. The van der Waals surface area contributed by atoms with E-state index in [9.17, 15) is 0 Å². The maximum atomic E-state index is 6.01. The standard InChI is InChI=1S/C14H23ClN4/c1-14(5-6-14)10-17-13(16-2)19(4)9-12-7-11(15)8-18(12)3/h7-8H,5-6,9-10H2,1-4H3,(H,16,17). The van der Waals surface area contributed by atoms with Crippen LogP contribution in [0.15, 0.2) is 17.3 Å². The molecule has 0 aliphatic heterocycles. The largest absolute Gasteiger partial charge is 0.356 e. The summed E-state index contributed by atoms with van der Waals surface area (Å²) in [6.07, 6.45) is 4.55. The molecule has 0 unspecified atom stereocenters. The van der Waals surface area contributed by atoms with E-state index in [0.29, 0.717) is 5.41 Å². The first-order valence-electron chi connectivity index (χ1n) is 6.66. The number of aryl methyl sites for hydroxylation is 1. The van der Waals surface area contributed by atoms with Crippen molar-refractivity contribution in [1.82, 2.24) is 14.8 Å².